The lowest BCUT2D eigenvalue weighted by atomic mass is 9.95. The maximum absolute atomic E-state index is 6.62. The lowest BCUT2D eigenvalue weighted by Crippen LogP contribution is -2.26. The Morgan fingerprint density at radius 3 is 2.58 bits per heavy atom. The number of ether oxygens (including phenoxy) is 2. The maximum Gasteiger partial charge on any atom is 0.238 e. The largest absolute Gasteiger partial charge is 0.489 e. The summed E-state index contributed by atoms with van der Waals surface area (Å²) in [4.78, 5) is 10.9. The number of benzene rings is 1. The molecule has 166 valence electrons. The zero-order valence-electron chi connectivity index (χ0n) is 18.5. The van der Waals surface area contributed by atoms with Crippen LogP contribution in [0.1, 0.15) is 63.9 Å². The molecule has 0 unspecified atom stereocenters. The van der Waals surface area contributed by atoms with Crippen molar-refractivity contribution >= 4 is 17.4 Å². The molecule has 31 heavy (non-hydrogen) atoms. The summed E-state index contributed by atoms with van der Waals surface area (Å²) >= 11 is 6.62. The van der Waals surface area contributed by atoms with Crippen LogP contribution in [0.15, 0.2) is 42.7 Å². The van der Waals surface area contributed by atoms with Gasteiger partial charge in [-0.25, -0.2) is 9.97 Å². The molecule has 2 atom stereocenters. The maximum atomic E-state index is 6.62. The molecule has 0 N–H and O–H groups in total. The standard InChI is InChI=1S/C25H32ClN3O2/c1-17(2)14-18(3)19-8-10-21(11-9-19)30-22-12-13-29(15-22)24-23(26)25(28-16-27-24)31-20-6-4-5-7-20/h8-11,16,18,20,22H,1,4-7,12-15H2,2-3H3/t18-,22-/m1/s1. The Morgan fingerprint density at radius 2 is 1.87 bits per heavy atom. The zero-order chi connectivity index (χ0) is 21.8. The van der Waals surface area contributed by atoms with Gasteiger partial charge in [0.2, 0.25) is 5.88 Å². The van der Waals surface area contributed by atoms with Gasteiger partial charge in [-0.1, -0.05) is 36.2 Å². The second-order valence-electron chi connectivity index (χ2n) is 8.95. The fourth-order valence-corrected chi connectivity index (χ4v) is 4.80. The normalized spacial score (nSPS) is 20.1. The molecule has 0 bridgehead atoms. The number of halogens is 1. The molecule has 5 nitrogen and oxygen atoms in total. The summed E-state index contributed by atoms with van der Waals surface area (Å²) in [6, 6.07) is 8.45. The van der Waals surface area contributed by atoms with Crippen LogP contribution in [0.4, 0.5) is 5.82 Å². The van der Waals surface area contributed by atoms with Gasteiger partial charge in [0.15, 0.2) is 5.82 Å². The number of nitrogens with zero attached hydrogens (tertiary/aromatic N) is 3. The Hall–Kier alpha value is -2.27. The first-order valence-electron chi connectivity index (χ1n) is 11.3. The molecule has 0 spiro atoms. The van der Waals surface area contributed by atoms with Crippen molar-refractivity contribution in [1.29, 1.82) is 0 Å². The van der Waals surface area contributed by atoms with Gasteiger partial charge >= 0.3 is 0 Å². The molecule has 2 aromatic rings. The van der Waals surface area contributed by atoms with Gasteiger partial charge in [-0.2, -0.15) is 0 Å². The van der Waals surface area contributed by atoms with E-state index in [-0.39, 0.29) is 12.2 Å². The highest BCUT2D eigenvalue weighted by Gasteiger charge is 2.28. The first kappa shape index (κ1) is 21.9. The summed E-state index contributed by atoms with van der Waals surface area (Å²) in [6.07, 6.45) is 8.35. The zero-order valence-corrected chi connectivity index (χ0v) is 19.3. The highest BCUT2D eigenvalue weighted by Crippen LogP contribution is 2.35. The molecule has 1 aliphatic carbocycles. The Kier molecular flexibility index (Phi) is 7.01. The van der Waals surface area contributed by atoms with E-state index >= 15 is 0 Å². The van der Waals surface area contributed by atoms with Gasteiger partial charge in [-0.05, 0) is 62.6 Å². The molecular formula is C25H32ClN3O2. The minimum atomic E-state index is 0.101. The number of allylic oxidation sites excluding steroid dienone is 1. The minimum absolute atomic E-state index is 0.101. The van der Waals surface area contributed by atoms with Crippen LogP contribution in [0.25, 0.3) is 0 Å². The van der Waals surface area contributed by atoms with Crippen LogP contribution in [0, 0.1) is 0 Å². The van der Waals surface area contributed by atoms with E-state index in [9.17, 15) is 0 Å². The predicted octanol–water partition coefficient (Wildman–Crippen LogP) is 6.18. The molecule has 2 aliphatic rings. The van der Waals surface area contributed by atoms with Crippen molar-refractivity contribution < 1.29 is 9.47 Å². The second kappa shape index (κ2) is 9.90. The highest BCUT2D eigenvalue weighted by atomic mass is 35.5. The Balaban J connectivity index is 1.36. The number of hydrogen-bond donors (Lipinski definition) is 0. The lowest BCUT2D eigenvalue weighted by Gasteiger charge is -2.21. The summed E-state index contributed by atoms with van der Waals surface area (Å²) < 4.78 is 12.3. The average molecular weight is 442 g/mol. The van der Waals surface area contributed by atoms with Gasteiger partial charge in [0.25, 0.3) is 0 Å². The highest BCUT2D eigenvalue weighted by molar-refractivity contribution is 6.34. The Bertz CT molecular complexity index is 896. The predicted molar refractivity (Wildman–Crippen MR) is 125 cm³/mol. The fourth-order valence-electron chi connectivity index (χ4n) is 4.54. The van der Waals surface area contributed by atoms with Gasteiger partial charge in [0.1, 0.15) is 29.3 Å². The minimum Gasteiger partial charge on any atom is -0.489 e. The van der Waals surface area contributed by atoms with E-state index in [1.165, 1.54) is 24.0 Å². The molecular weight excluding hydrogens is 410 g/mol. The first-order chi connectivity index (χ1) is 15.0. The molecule has 1 aromatic heterocycles. The first-order valence-corrected chi connectivity index (χ1v) is 11.7. The third kappa shape index (κ3) is 5.51. The van der Waals surface area contributed by atoms with Crippen LogP contribution < -0.4 is 14.4 Å². The molecule has 4 rings (SSSR count). The number of hydrogen-bond acceptors (Lipinski definition) is 5. The second-order valence-corrected chi connectivity index (χ2v) is 9.32. The van der Waals surface area contributed by atoms with Gasteiger partial charge < -0.3 is 14.4 Å². The average Bonchev–Trinajstić information content (AvgIpc) is 3.42. The quantitative estimate of drug-likeness (QED) is 0.458. The molecule has 1 saturated carbocycles. The van der Waals surface area contributed by atoms with Crippen molar-refractivity contribution in [3.05, 3.63) is 53.3 Å². The molecule has 6 heteroatoms. The van der Waals surface area contributed by atoms with Gasteiger partial charge in [0, 0.05) is 13.0 Å². The van der Waals surface area contributed by atoms with Crippen LogP contribution >= 0.6 is 11.6 Å². The van der Waals surface area contributed by atoms with E-state index in [0.717, 1.165) is 50.3 Å². The van der Waals surface area contributed by atoms with Crippen LogP contribution in [-0.4, -0.2) is 35.3 Å². The lowest BCUT2D eigenvalue weighted by molar-refractivity contribution is 0.201. The van der Waals surface area contributed by atoms with E-state index in [1.807, 2.05) is 0 Å². The van der Waals surface area contributed by atoms with E-state index in [4.69, 9.17) is 21.1 Å². The number of rotatable bonds is 8. The summed E-state index contributed by atoms with van der Waals surface area (Å²) in [5, 5.41) is 0.505. The third-order valence-electron chi connectivity index (χ3n) is 6.17. The topological polar surface area (TPSA) is 47.5 Å². The van der Waals surface area contributed by atoms with Crippen molar-refractivity contribution in [2.75, 3.05) is 18.0 Å². The number of anilines is 1. The molecule has 1 saturated heterocycles. The summed E-state index contributed by atoms with van der Waals surface area (Å²) in [6.45, 7) is 9.92. The van der Waals surface area contributed by atoms with Crippen molar-refractivity contribution in [1.82, 2.24) is 9.97 Å². The van der Waals surface area contributed by atoms with E-state index < -0.39 is 0 Å². The van der Waals surface area contributed by atoms with Gasteiger partial charge in [0.05, 0.1) is 6.54 Å². The monoisotopic (exact) mass is 441 g/mol. The Labute approximate surface area is 190 Å². The molecule has 2 heterocycles. The van der Waals surface area contributed by atoms with E-state index in [0.29, 0.717) is 16.8 Å². The fraction of sp³-hybridized carbons (Fsp3) is 0.520. The van der Waals surface area contributed by atoms with Crippen LogP contribution in [0.2, 0.25) is 5.02 Å². The number of aromatic nitrogens is 2. The summed E-state index contributed by atoms with van der Waals surface area (Å²) in [7, 11) is 0. The summed E-state index contributed by atoms with van der Waals surface area (Å²) in [5.41, 5.74) is 2.52. The SMILES string of the molecule is C=C(C)C[C@@H](C)c1ccc(O[C@@H]2CCN(c3ncnc(OC4CCCC4)c3Cl)C2)cc1. The third-order valence-corrected chi connectivity index (χ3v) is 6.50. The molecule has 0 radical (unpaired) electrons. The van der Waals surface area contributed by atoms with Crippen molar-refractivity contribution in [2.24, 2.45) is 0 Å². The van der Waals surface area contributed by atoms with Crippen LogP contribution in [-0.2, 0) is 0 Å². The van der Waals surface area contributed by atoms with Gasteiger partial charge in [-0.3, -0.25) is 0 Å². The van der Waals surface area contributed by atoms with Crippen molar-refractivity contribution in [3.8, 4) is 11.6 Å². The van der Waals surface area contributed by atoms with Crippen molar-refractivity contribution in [3.63, 3.8) is 0 Å². The molecule has 1 aliphatic heterocycles. The van der Waals surface area contributed by atoms with Crippen LogP contribution in [0.3, 0.4) is 0 Å². The smallest absolute Gasteiger partial charge is 0.238 e. The Morgan fingerprint density at radius 1 is 1.13 bits per heavy atom. The molecule has 0 amide bonds. The van der Waals surface area contributed by atoms with E-state index in [1.54, 1.807) is 6.33 Å². The van der Waals surface area contributed by atoms with Crippen LogP contribution in [0.5, 0.6) is 11.6 Å². The molecule has 2 fully saturated rings. The van der Waals surface area contributed by atoms with Gasteiger partial charge in [-0.15, -0.1) is 6.58 Å². The van der Waals surface area contributed by atoms with Crippen molar-refractivity contribution in [2.45, 2.75) is 70.5 Å². The van der Waals surface area contributed by atoms with E-state index in [2.05, 4.69) is 59.6 Å². The molecule has 1 aromatic carbocycles. The summed E-state index contributed by atoms with van der Waals surface area (Å²) in [5.74, 6) is 2.60.